The van der Waals surface area contributed by atoms with E-state index in [0.717, 1.165) is 37.1 Å². The van der Waals surface area contributed by atoms with Crippen LogP contribution < -0.4 is 15.2 Å². The number of aromatic nitrogens is 2. The molecule has 10 nitrogen and oxygen atoms in total. The number of methoxy groups -OCH3 is 1. The molecule has 3 aromatic rings. The van der Waals surface area contributed by atoms with Crippen molar-refractivity contribution >= 4 is 43.2 Å². The highest BCUT2D eigenvalue weighted by molar-refractivity contribution is 7.89. The lowest BCUT2D eigenvalue weighted by atomic mass is 10.2. The van der Waals surface area contributed by atoms with E-state index in [0.29, 0.717) is 35.9 Å². The summed E-state index contributed by atoms with van der Waals surface area (Å²) in [5.74, 6) is 0.601. The molecule has 1 aromatic carbocycles. The molecule has 2 saturated heterocycles. The Morgan fingerprint density at radius 1 is 1.03 bits per heavy atom. The molecule has 0 unspecified atom stereocenters. The van der Waals surface area contributed by atoms with E-state index in [2.05, 4.69) is 9.88 Å². The molecular formula is C26H33N5O5S2. The van der Waals surface area contributed by atoms with Gasteiger partial charge in [-0.2, -0.15) is 4.31 Å². The van der Waals surface area contributed by atoms with Crippen molar-refractivity contribution in [3.8, 4) is 5.75 Å². The minimum absolute atomic E-state index is 0.0114. The van der Waals surface area contributed by atoms with Crippen LogP contribution in [0.15, 0.2) is 40.3 Å². The number of carbonyl (C=O) groups excluding carboxylic acids is 1. The van der Waals surface area contributed by atoms with Crippen molar-refractivity contribution in [3.05, 3.63) is 45.8 Å². The Hall–Kier alpha value is -2.96. The van der Waals surface area contributed by atoms with Gasteiger partial charge in [0, 0.05) is 44.1 Å². The lowest BCUT2D eigenvalue weighted by molar-refractivity contribution is -0.131. The lowest BCUT2D eigenvalue weighted by Gasteiger charge is -2.35. The summed E-state index contributed by atoms with van der Waals surface area (Å²) in [7, 11) is -2.34. The van der Waals surface area contributed by atoms with Crippen molar-refractivity contribution in [2.45, 2.75) is 44.0 Å². The number of sulfonamides is 1. The number of likely N-dealkylation sites (tertiary alicyclic amines) is 1. The maximum Gasteiger partial charge on any atom is 0.263 e. The number of anilines is 1. The molecule has 0 N–H and O–H groups in total. The molecule has 2 aromatic heterocycles. The van der Waals surface area contributed by atoms with E-state index >= 15 is 0 Å². The molecule has 2 fully saturated rings. The summed E-state index contributed by atoms with van der Waals surface area (Å²) in [6.07, 6.45) is 5.46. The summed E-state index contributed by atoms with van der Waals surface area (Å²) in [5, 5.41) is 0.0748. The number of thiophene rings is 1. The molecule has 2 aliphatic heterocycles. The van der Waals surface area contributed by atoms with Crippen LogP contribution in [-0.2, 0) is 21.4 Å². The number of amides is 1. The highest BCUT2D eigenvalue weighted by atomic mass is 32.2. The summed E-state index contributed by atoms with van der Waals surface area (Å²) in [6, 6.07) is 7.67. The Kier molecular flexibility index (Phi) is 7.73. The van der Waals surface area contributed by atoms with Gasteiger partial charge < -0.3 is 14.5 Å². The quantitative estimate of drug-likeness (QED) is 0.457. The van der Waals surface area contributed by atoms with Crippen LogP contribution in [0.4, 0.5) is 5.69 Å². The average Bonchev–Trinajstić information content (AvgIpc) is 3.08. The fraction of sp³-hybridized carbons (Fsp3) is 0.500. The highest BCUT2D eigenvalue weighted by Gasteiger charge is 2.34. The summed E-state index contributed by atoms with van der Waals surface area (Å²) in [4.78, 5) is 35.7. The van der Waals surface area contributed by atoms with Gasteiger partial charge >= 0.3 is 0 Å². The Balaban J connectivity index is 1.40. The third-order valence-corrected chi connectivity index (χ3v) is 10.5. The van der Waals surface area contributed by atoms with Gasteiger partial charge in [0.1, 0.15) is 22.0 Å². The first-order valence-corrected chi connectivity index (χ1v) is 15.2. The van der Waals surface area contributed by atoms with Gasteiger partial charge in [0.25, 0.3) is 5.56 Å². The van der Waals surface area contributed by atoms with Crippen molar-refractivity contribution < 1.29 is 17.9 Å². The first-order valence-electron chi connectivity index (χ1n) is 13.0. The summed E-state index contributed by atoms with van der Waals surface area (Å²) in [6.45, 7) is 4.46. The van der Waals surface area contributed by atoms with E-state index in [-0.39, 0.29) is 35.8 Å². The van der Waals surface area contributed by atoms with Crippen LogP contribution in [0.2, 0.25) is 0 Å². The van der Waals surface area contributed by atoms with E-state index in [1.165, 1.54) is 26.5 Å². The Morgan fingerprint density at radius 2 is 1.71 bits per heavy atom. The zero-order valence-corrected chi connectivity index (χ0v) is 23.4. The highest BCUT2D eigenvalue weighted by Crippen LogP contribution is 2.34. The number of hydrogen-bond acceptors (Lipinski definition) is 8. The number of hydrogen-bond donors (Lipinski definition) is 0. The number of rotatable bonds is 6. The molecule has 204 valence electrons. The molecule has 2 aliphatic rings. The van der Waals surface area contributed by atoms with E-state index in [4.69, 9.17) is 4.74 Å². The zero-order chi connectivity index (χ0) is 26.9. The SMILES string of the molecule is COc1ccccc1N1CCN(S(=O)(=O)c2c(C)sc3ncn(CC(=O)N4CCCCCC4)c(=O)c23)CC1. The van der Waals surface area contributed by atoms with E-state index < -0.39 is 15.6 Å². The number of para-hydroxylation sites is 2. The molecule has 38 heavy (non-hydrogen) atoms. The maximum absolute atomic E-state index is 13.9. The van der Waals surface area contributed by atoms with Crippen molar-refractivity contribution in [2.24, 2.45) is 0 Å². The Labute approximate surface area is 226 Å². The molecule has 0 saturated carbocycles. The third-order valence-electron chi connectivity index (χ3n) is 7.33. The predicted octanol–water partition coefficient (Wildman–Crippen LogP) is 2.69. The Morgan fingerprint density at radius 3 is 2.39 bits per heavy atom. The Bertz CT molecular complexity index is 1480. The zero-order valence-electron chi connectivity index (χ0n) is 21.8. The van der Waals surface area contributed by atoms with Crippen molar-refractivity contribution in [2.75, 3.05) is 51.3 Å². The molecule has 1 amide bonds. The van der Waals surface area contributed by atoms with Crippen LogP contribution in [0.25, 0.3) is 10.2 Å². The molecule has 0 atom stereocenters. The van der Waals surface area contributed by atoms with Gasteiger partial charge in [0.05, 0.1) is 24.5 Å². The topological polar surface area (TPSA) is 105 Å². The minimum Gasteiger partial charge on any atom is -0.495 e. The number of fused-ring (bicyclic) bond motifs is 1. The van der Waals surface area contributed by atoms with E-state index in [1.54, 1.807) is 18.9 Å². The monoisotopic (exact) mass is 559 g/mol. The van der Waals surface area contributed by atoms with Gasteiger partial charge in [-0.05, 0) is 31.9 Å². The van der Waals surface area contributed by atoms with Crippen molar-refractivity contribution in [1.82, 2.24) is 18.8 Å². The number of benzene rings is 1. The first kappa shape index (κ1) is 26.6. The molecule has 0 radical (unpaired) electrons. The third kappa shape index (κ3) is 5.04. The fourth-order valence-corrected chi connectivity index (χ4v) is 8.38. The summed E-state index contributed by atoms with van der Waals surface area (Å²) >= 11 is 1.19. The number of piperazine rings is 1. The summed E-state index contributed by atoms with van der Waals surface area (Å²) in [5.41, 5.74) is 0.430. The standard InChI is InChI=1S/C26H33N5O5S2/c1-19-24(38(34,35)31-15-13-28(14-16-31)20-9-5-6-10-21(20)36-2)23-25(37-19)27-18-30(26(23)33)17-22(32)29-11-7-3-4-8-12-29/h5-6,9-10,18H,3-4,7-8,11-17H2,1-2H3. The van der Waals surface area contributed by atoms with Gasteiger partial charge in [0.2, 0.25) is 15.9 Å². The molecule has 0 bridgehead atoms. The lowest BCUT2D eigenvalue weighted by Crippen LogP contribution is -2.49. The fourth-order valence-electron chi connectivity index (χ4n) is 5.29. The molecule has 4 heterocycles. The van der Waals surface area contributed by atoms with Gasteiger partial charge in [-0.15, -0.1) is 11.3 Å². The van der Waals surface area contributed by atoms with Gasteiger partial charge in [0.15, 0.2) is 0 Å². The first-order chi connectivity index (χ1) is 18.3. The largest absolute Gasteiger partial charge is 0.495 e. The van der Waals surface area contributed by atoms with Gasteiger partial charge in [-0.1, -0.05) is 25.0 Å². The predicted molar refractivity (Wildman–Crippen MR) is 148 cm³/mol. The second-order valence-corrected chi connectivity index (χ2v) is 12.8. The molecule has 12 heteroatoms. The van der Waals surface area contributed by atoms with Crippen molar-refractivity contribution in [1.29, 1.82) is 0 Å². The second-order valence-electron chi connectivity index (χ2n) is 9.70. The van der Waals surface area contributed by atoms with Gasteiger partial charge in [-0.3, -0.25) is 14.2 Å². The molecular weight excluding hydrogens is 526 g/mol. The second kappa shape index (κ2) is 11.0. The average molecular weight is 560 g/mol. The normalized spacial score (nSPS) is 17.5. The maximum atomic E-state index is 13.9. The number of nitrogens with zero attached hydrogens (tertiary/aromatic N) is 5. The van der Waals surface area contributed by atoms with Crippen LogP contribution in [0, 0.1) is 6.92 Å². The minimum atomic E-state index is -3.95. The van der Waals surface area contributed by atoms with Gasteiger partial charge in [-0.25, -0.2) is 13.4 Å². The number of ether oxygens (including phenoxy) is 1. The molecule has 0 aliphatic carbocycles. The molecule has 5 rings (SSSR count). The van der Waals surface area contributed by atoms with E-state index in [1.807, 2.05) is 24.3 Å². The van der Waals surface area contributed by atoms with Crippen LogP contribution in [0.5, 0.6) is 5.75 Å². The van der Waals surface area contributed by atoms with Crippen molar-refractivity contribution in [3.63, 3.8) is 0 Å². The van der Waals surface area contributed by atoms with Crippen LogP contribution in [-0.4, -0.2) is 79.5 Å². The number of aryl methyl sites for hydroxylation is 1. The smallest absolute Gasteiger partial charge is 0.263 e. The van der Waals surface area contributed by atoms with Crippen LogP contribution in [0.1, 0.15) is 30.6 Å². The van der Waals surface area contributed by atoms with E-state index in [9.17, 15) is 18.0 Å². The van der Waals surface area contributed by atoms with Crippen LogP contribution >= 0.6 is 11.3 Å². The number of carbonyl (C=O) groups is 1. The summed E-state index contributed by atoms with van der Waals surface area (Å²) < 4.78 is 35.9. The van der Waals surface area contributed by atoms with Crippen LogP contribution in [0.3, 0.4) is 0 Å². The molecule has 0 spiro atoms.